The molecule has 0 bridgehead atoms. The smallest absolute Gasteiger partial charge is 0.324 e. The molecule has 2 amide bonds. The van der Waals surface area contributed by atoms with Gasteiger partial charge < -0.3 is 10.6 Å². The number of pyridine rings is 1. The number of carbonyl (C=O) groups is 1. The van der Waals surface area contributed by atoms with Gasteiger partial charge >= 0.3 is 6.03 Å². The maximum Gasteiger partial charge on any atom is 0.324 e. The third-order valence-corrected chi connectivity index (χ3v) is 4.78. The van der Waals surface area contributed by atoms with E-state index in [0.29, 0.717) is 17.3 Å². The van der Waals surface area contributed by atoms with Crippen LogP contribution >= 0.6 is 22.6 Å². The average molecular weight is 508 g/mol. The molecule has 2 heterocycles. The van der Waals surface area contributed by atoms with Crippen LogP contribution in [0, 0.1) is 3.57 Å². The van der Waals surface area contributed by atoms with E-state index in [1.54, 1.807) is 18.3 Å². The highest BCUT2D eigenvalue weighted by Crippen LogP contribution is 2.25. The predicted octanol–water partition coefficient (Wildman–Crippen LogP) is 5.53. The molecule has 7 nitrogen and oxygen atoms in total. The number of rotatable bonds is 5. The fraction of sp³-hybridized carbons (Fsp3) is 0. The summed E-state index contributed by atoms with van der Waals surface area (Å²) in [5.41, 5.74) is 3.04. The molecule has 148 valence electrons. The summed E-state index contributed by atoms with van der Waals surface area (Å²) in [6.07, 6.45) is 1.77. The van der Waals surface area contributed by atoms with Crippen LogP contribution < -0.4 is 16.0 Å². The summed E-state index contributed by atoms with van der Waals surface area (Å²) >= 11 is 2.20. The van der Waals surface area contributed by atoms with E-state index >= 15 is 0 Å². The van der Waals surface area contributed by atoms with Crippen LogP contribution in [0.3, 0.4) is 0 Å². The van der Waals surface area contributed by atoms with E-state index in [1.165, 1.54) is 0 Å². The van der Waals surface area contributed by atoms with Gasteiger partial charge in [-0.2, -0.15) is 0 Å². The van der Waals surface area contributed by atoms with E-state index in [2.05, 4.69) is 53.7 Å². The molecule has 0 aliphatic heterocycles. The highest BCUT2D eigenvalue weighted by atomic mass is 127. The Morgan fingerprint density at radius 2 is 1.47 bits per heavy atom. The molecule has 3 N–H and O–H groups in total. The van der Waals surface area contributed by atoms with Gasteiger partial charge in [-0.15, -0.1) is 10.2 Å². The minimum Gasteiger partial charge on any atom is -0.339 e. The van der Waals surface area contributed by atoms with Crippen LogP contribution in [-0.2, 0) is 0 Å². The molecule has 0 atom stereocenters. The van der Waals surface area contributed by atoms with E-state index in [0.717, 1.165) is 20.5 Å². The molecule has 0 aliphatic carbocycles. The quantitative estimate of drug-likeness (QED) is 0.309. The van der Waals surface area contributed by atoms with E-state index < -0.39 is 6.03 Å². The highest BCUT2D eigenvalue weighted by Gasteiger charge is 2.09. The van der Waals surface area contributed by atoms with Crippen LogP contribution in [0.2, 0.25) is 0 Å². The Morgan fingerprint density at radius 3 is 2.17 bits per heavy atom. The molecular formula is C22H17IN6O. The summed E-state index contributed by atoms with van der Waals surface area (Å²) in [6, 6.07) is 24.1. The number of carbonyl (C=O) groups excluding carboxylic acids is 1. The normalized spacial score (nSPS) is 10.3. The van der Waals surface area contributed by atoms with Crippen molar-refractivity contribution in [2.75, 3.05) is 16.0 Å². The lowest BCUT2D eigenvalue weighted by Gasteiger charge is -2.13. The van der Waals surface area contributed by atoms with Gasteiger partial charge in [0.15, 0.2) is 5.82 Å². The summed E-state index contributed by atoms with van der Waals surface area (Å²) < 4.78 is 1.04. The van der Waals surface area contributed by atoms with Crippen LogP contribution in [0.25, 0.3) is 11.3 Å². The molecule has 4 aromatic rings. The minimum atomic E-state index is -0.415. The monoisotopic (exact) mass is 508 g/mol. The molecule has 0 unspecified atom stereocenters. The maximum atomic E-state index is 12.5. The molecule has 4 rings (SSSR count). The molecule has 0 fully saturated rings. The van der Waals surface area contributed by atoms with Gasteiger partial charge in [0, 0.05) is 15.3 Å². The van der Waals surface area contributed by atoms with Gasteiger partial charge in [0.25, 0.3) is 0 Å². The van der Waals surface area contributed by atoms with Crippen molar-refractivity contribution in [2.24, 2.45) is 0 Å². The van der Waals surface area contributed by atoms with Gasteiger partial charge in [-0.1, -0.05) is 42.5 Å². The number of nitrogens with one attached hydrogen (secondary N) is 3. The second kappa shape index (κ2) is 9.31. The topological polar surface area (TPSA) is 91.8 Å². The van der Waals surface area contributed by atoms with Gasteiger partial charge in [0.2, 0.25) is 0 Å². The summed E-state index contributed by atoms with van der Waals surface area (Å²) in [4.78, 5) is 16.8. The first-order valence-electron chi connectivity index (χ1n) is 9.12. The van der Waals surface area contributed by atoms with E-state index in [4.69, 9.17) is 0 Å². The van der Waals surface area contributed by atoms with Crippen molar-refractivity contribution < 1.29 is 4.79 Å². The van der Waals surface area contributed by atoms with Gasteiger partial charge in [-0.25, -0.2) is 9.78 Å². The third-order valence-electron chi connectivity index (χ3n) is 4.14. The largest absolute Gasteiger partial charge is 0.339 e. The lowest BCUT2D eigenvalue weighted by Crippen LogP contribution is -2.21. The van der Waals surface area contributed by atoms with Crippen LogP contribution in [0.1, 0.15) is 0 Å². The Hall–Kier alpha value is -3.53. The summed E-state index contributed by atoms with van der Waals surface area (Å²) in [7, 11) is 0. The maximum absolute atomic E-state index is 12.5. The molecule has 2 aromatic carbocycles. The van der Waals surface area contributed by atoms with Crippen LogP contribution in [0.4, 0.5) is 27.8 Å². The van der Waals surface area contributed by atoms with Gasteiger partial charge in [0.05, 0.1) is 17.1 Å². The predicted molar refractivity (Wildman–Crippen MR) is 127 cm³/mol. The number of aromatic nitrogens is 3. The van der Waals surface area contributed by atoms with Crippen molar-refractivity contribution in [3.05, 3.63) is 88.6 Å². The number of hydrogen-bond acceptors (Lipinski definition) is 5. The molecule has 0 saturated heterocycles. The number of anilines is 4. The number of halogens is 1. The second-order valence-corrected chi connectivity index (χ2v) is 7.53. The number of nitrogens with zero attached hydrogens (tertiary/aromatic N) is 3. The van der Waals surface area contributed by atoms with Crippen molar-refractivity contribution in [3.63, 3.8) is 0 Å². The lowest BCUT2D eigenvalue weighted by molar-refractivity contribution is 0.262. The van der Waals surface area contributed by atoms with Crippen molar-refractivity contribution >= 4 is 51.6 Å². The second-order valence-electron chi connectivity index (χ2n) is 6.28. The number of benzene rings is 2. The number of para-hydroxylation sites is 2. The molecule has 0 aliphatic rings. The summed E-state index contributed by atoms with van der Waals surface area (Å²) in [5, 5.41) is 17.0. The standard InChI is InChI=1S/C22H17IN6O/c23-16-10-12-20(24-14-16)25-18-8-4-5-9-19(18)26-22(30)27-21-13-11-17(28-29-21)15-6-2-1-3-7-15/h1-14H,(H,24,25)(H2,26,27,29,30). The van der Waals surface area contributed by atoms with Gasteiger partial charge in [0.1, 0.15) is 5.82 Å². The van der Waals surface area contributed by atoms with Crippen LogP contribution in [0.15, 0.2) is 85.1 Å². The molecule has 0 saturated carbocycles. The highest BCUT2D eigenvalue weighted by molar-refractivity contribution is 14.1. The molecule has 0 radical (unpaired) electrons. The number of urea groups is 1. The van der Waals surface area contributed by atoms with Gasteiger partial charge in [-0.05, 0) is 59.0 Å². The lowest BCUT2D eigenvalue weighted by atomic mass is 10.1. The van der Waals surface area contributed by atoms with Crippen molar-refractivity contribution in [2.45, 2.75) is 0 Å². The fourth-order valence-corrected chi connectivity index (χ4v) is 3.04. The van der Waals surface area contributed by atoms with Crippen LogP contribution in [0.5, 0.6) is 0 Å². The summed E-state index contributed by atoms with van der Waals surface area (Å²) in [6.45, 7) is 0. The Morgan fingerprint density at radius 1 is 0.733 bits per heavy atom. The Bertz CT molecular complexity index is 1130. The van der Waals surface area contributed by atoms with E-state index in [-0.39, 0.29) is 0 Å². The Balaban J connectivity index is 1.42. The zero-order valence-electron chi connectivity index (χ0n) is 15.7. The average Bonchev–Trinajstić information content (AvgIpc) is 2.78. The first-order chi connectivity index (χ1) is 14.7. The molecule has 8 heteroatoms. The van der Waals surface area contributed by atoms with Crippen molar-refractivity contribution in [3.8, 4) is 11.3 Å². The zero-order chi connectivity index (χ0) is 20.8. The molecule has 0 spiro atoms. The van der Waals surface area contributed by atoms with E-state index in [9.17, 15) is 4.79 Å². The third kappa shape index (κ3) is 5.09. The Labute approximate surface area is 187 Å². The molecular weight excluding hydrogens is 491 g/mol. The van der Waals surface area contributed by atoms with Gasteiger partial charge in [-0.3, -0.25) is 5.32 Å². The number of amides is 2. The SMILES string of the molecule is O=C(Nc1ccc(-c2ccccc2)nn1)Nc1ccccc1Nc1ccc(I)cn1. The van der Waals surface area contributed by atoms with Crippen LogP contribution in [-0.4, -0.2) is 21.2 Å². The summed E-state index contributed by atoms with van der Waals surface area (Å²) in [5.74, 6) is 1.05. The first kappa shape index (κ1) is 19.8. The zero-order valence-corrected chi connectivity index (χ0v) is 17.9. The fourth-order valence-electron chi connectivity index (χ4n) is 2.72. The van der Waals surface area contributed by atoms with E-state index in [1.807, 2.05) is 66.7 Å². The minimum absolute atomic E-state index is 0.358. The first-order valence-corrected chi connectivity index (χ1v) is 10.2. The van der Waals surface area contributed by atoms with Crippen molar-refractivity contribution in [1.82, 2.24) is 15.2 Å². The molecule has 2 aromatic heterocycles. The van der Waals surface area contributed by atoms with Crippen molar-refractivity contribution in [1.29, 1.82) is 0 Å². The number of hydrogen-bond donors (Lipinski definition) is 3. The molecule has 30 heavy (non-hydrogen) atoms. The Kier molecular flexibility index (Phi) is 6.14.